The summed E-state index contributed by atoms with van der Waals surface area (Å²) in [5.74, 6) is 0.592. The molecule has 0 aromatic carbocycles. The van der Waals surface area contributed by atoms with E-state index in [1.54, 1.807) is 0 Å². The molecule has 0 aromatic heterocycles. The van der Waals surface area contributed by atoms with Crippen LogP contribution in [0.3, 0.4) is 0 Å². The second-order valence-electron chi connectivity index (χ2n) is 3.52. The van der Waals surface area contributed by atoms with Crippen molar-refractivity contribution in [3.63, 3.8) is 0 Å². The minimum Gasteiger partial charge on any atom is -0.393 e. The zero-order valence-corrected chi connectivity index (χ0v) is 8.98. The molecular formula is C9H15Cl2NO. The Morgan fingerprint density at radius 3 is 2.85 bits per heavy atom. The highest BCUT2D eigenvalue weighted by molar-refractivity contribution is 6.36. The molecule has 2 nitrogen and oxygen atoms in total. The van der Waals surface area contributed by atoms with Crippen molar-refractivity contribution in [3.05, 3.63) is 10.6 Å². The van der Waals surface area contributed by atoms with E-state index in [-0.39, 0.29) is 6.10 Å². The van der Waals surface area contributed by atoms with Gasteiger partial charge in [0.1, 0.15) is 0 Å². The Hall–Kier alpha value is 0.240. The fourth-order valence-corrected chi connectivity index (χ4v) is 1.84. The van der Waals surface area contributed by atoms with E-state index in [1.807, 2.05) is 0 Å². The first-order valence-corrected chi connectivity index (χ1v) is 5.37. The second kappa shape index (κ2) is 5.86. The summed E-state index contributed by atoms with van der Waals surface area (Å²) in [5, 5.41) is 13.1. The largest absolute Gasteiger partial charge is 0.393 e. The Balaban J connectivity index is 2.06. The molecule has 1 aliphatic carbocycles. The number of hydrogen-bond donors (Lipinski definition) is 2. The van der Waals surface area contributed by atoms with Gasteiger partial charge in [-0.1, -0.05) is 23.2 Å². The van der Waals surface area contributed by atoms with Crippen LogP contribution in [0.25, 0.3) is 0 Å². The fourth-order valence-electron chi connectivity index (χ4n) is 1.67. The van der Waals surface area contributed by atoms with Crippen LogP contribution in [-0.2, 0) is 0 Å². The number of rotatable bonds is 4. The highest BCUT2D eigenvalue weighted by Crippen LogP contribution is 2.24. The standard InChI is InChI=1S/C9H15Cl2NO/c10-4-8(11)6-12-5-7-1-2-9(13)3-7/h4,7,9,12-13H,1-3,5-6H2. The lowest BCUT2D eigenvalue weighted by atomic mass is 10.1. The summed E-state index contributed by atoms with van der Waals surface area (Å²) in [6.07, 6.45) is 2.86. The topological polar surface area (TPSA) is 32.3 Å². The quantitative estimate of drug-likeness (QED) is 0.766. The maximum absolute atomic E-state index is 9.27. The normalized spacial score (nSPS) is 29.6. The van der Waals surface area contributed by atoms with Gasteiger partial charge in [-0.05, 0) is 31.7 Å². The van der Waals surface area contributed by atoms with Crippen molar-refractivity contribution >= 4 is 23.2 Å². The molecule has 76 valence electrons. The zero-order chi connectivity index (χ0) is 9.68. The van der Waals surface area contributed by atoms with Gasteiger partial charge in [0, 0.05) is 17.1 Å². The molecule has 1 saturated carbocycles. The maximum atomic E-state index is 9.27. The van der Waals surface area contributed by atoms with Gasteiger partial charge in [0.2, 0.25) is 0 Å². The van der Waals surface area contributed by atoms with Crippen LogP contribution >= 0.6 is 23.2 Å². The van der Waals surface area contributed by atoms with E-state index in [0.717, 1.165) is 25.8 Å². The maximum Gasteiger partial charge on any atom is 0.0543 e. The van der Waals surface area contributed by atoms with E-state index < -0.39 is 0 Å². The van der Waals surface area contributed by atoms with E-state index >= 15 is 0 Å². The monoisotopic (exact) mass is 223 g/mol. The summed E-state index contributed by atoms with van der Waals surface area (Å²) in [6, 6.07) is 0. The van der Waals surface area contributed by atoms with Gasteiger partial charge in [-0.2, -0.15) is 0 Å². The van der Waals surface area contributed by atoms with Gasteiger partial charge >= 0.3 is 0 Å². The third kappa shape index (κ3) is 4.32. The first-order valence-electron chi connectivity index (χ1n) is 4.56. The Morgan fingerprint density at radius 2 is 2.31 bits per heavy atom. The van der Waals surface area contributed by atoms with Crippen LogP contribution in [0.2, 0.25) is 0 Å². The number of halogens is 2. The molecule has 0 heterocycles. The van der Waals surface area contributed by atoms with Gasteiger partial charge in [-0.3, -0.25) is 0 Å². The van der Waals surface area contributed by atoms with Crippen molar-refractivity contribution < 1.29 is 5.11 Å². The highest BCUT2D eigenvalue weighted by atomic mass is 35.5. The Morgan fingerprint density at radius 1 is 1.54 bits per heavy atom. The lowest BCUT2D eigenvalue weighted by Crippen LogP contribution is -2.22. The molecule has 0 aliphatic heterocycles. The van der Waals surface area contributed by atoms with Gasteiger partial charge in [-0.25, -0.2) is 0 Å². The molecule has 0 spiro atoms. The SMILES string of the molecule is OC1CCC(CNCC(Cl)=CCl)C1. The Labute approximate surface area is 88.9 Å². The first kappa shape index (κ1) is 11.3. The zero-order valence-electron chi connectivity index (χ0n) is 7.47. The Kier molecular flexibility index (Phi) is 5.10. The van der Waals surface area contributed by atoms with Gasteiger partial charge < -0.3 is 10.4 Å². The van der Waals surface area contributed by atoms with Crippen LogP contribution in [0.15, 0.2) is 10.6 Å². The van der Waals surface area contributed by atoms with Crippen molar-refractivity contribution in [2.45, 2.75) is 25.4 Å². The minimum absolute atomic E-state index is 0.0918. The van der Waals surface area contributed by atoms with Gasteiger partial charge in [-0.15, -0.1) is 0 Å². The summed E-state index contributed by atoms with van der Waals surface area (Å²) in [5.41, 5.74) is 1.37. The summed E-state index contributed by atoms with van der Waals surface area (Å²) in [7, 11) is 0. The Bertz CT molecular complexity index is 184. The van der Waals surface area contributed by atoms with Crippen molar-refractivity contribution in [1.82, 2.24) is 5.32 Å². The van der Waals surface area contributed by atoms with Crippen LogP contribution < -0.4 is 5.32 Å². The second-order valence-corrected chi connectivity index (χ2v) is 4.22. The van der Waals surface area contributed by atoms with Crippen LogP contribution in [0.4, 0.5) is 0 Å². The fraction of sp³-hybridized carbons (Fsp3) is 0.778. The number of hydrogen-bond acceptors (Lipinski definition) is 2. The first-order chi connectivity index (χ1) is 6.22. The third-order valence-electron chi connectivity index (χ3n) is 2.36. The molecule has 2 unspecified atom stereocenters. The van der Waals surface area contributed by atoms with Crippen molar-refractivity contribution in [2.75, 3.05) is 13.1 Å². The molecule has 0 amide bonds. The van der Waals surface area contributed by atoms with Crippen LogP contribution in [-0.4, -0.2) is 24.3 Å². The van der Waals surface area contributed by atoms with Crippen LogP contribution in [0, 0.1) is 5.92 Å². The number of aliphatic hydroxyl groups excluding tert-OH is 1. The molecule has 2 N–H and O–H groups in total. The molecular weight excluding hydrogens is 209 g/mol. The van der Waals surface area contributed by atoms with Gasteiger partial charge in [0.25, 0.3) is 0 Å². The highest BCUT2D eigenvalue weighted by Gasteiger charge is 2.21. The van der Waals surface area contributed by atoms with Gasteiger partial charge in [0.15, 0.2) is 0 Å². The molecule has 13 heavy (non-hydrogen) atoms. The summed E-state index contributed by atoms with van der Waals surface area (Å²) < 4.78 is 0. The number of aliphatic hydroxyl groups is 1. The molecule has 1 aliphatic rings. The molecule has 0 radical (unpaired) electrons. The predicted molar refractivity (Wildman–Crippen MR) is 56.0 cm³/mol. The summed E-state index contributed by atoms with van der Waals surface area (Å²) >= 11 is 11.1. The van der Waals surface area contributed by atoms with E-state index in [1.165, 1.54) is 5.54 Å². The van der Waals surface area contributed by atoms with Crippen molar-refractivity contribution in [2.24, 2.45) is 5.92 Å². The van der Waals surface area contributed by atoms with Gasteiger partial charge in [0.05, 0.1) is 6.10 Å². The molecule has 0 saturated heterocycles. The summed E-state index contributed by atoms with van der Waals surface area (Å²) in [6.45, 7) is 1.54. The third-order valence-corrected chi connectivity index (χ3v) is 2.98. The predicted octanol–water partition coefficient (Wildman–Crippen LogP) is 2.06. The summed E-state index contributed by atoms with van der Waals surface area (Å²) in [4.78, 5) is 0. The molecule has 1 fully saturated rings. The van der Waals surface area contributed by atoms with Crippen LogP contribution in [0.1, 0.15) is 19.3 Å². The lowest BCUT2D eigenvalue weighted by Gasteiger charge is -2.09. The van der Waals surface area contributed by atoms with Crippen molar-refractivity contribution in [1.29, 1.82) is 0 Å². The molecule has 1 rings (SSSR count). The molecule has 0 aromatic rings. The number of nitrogens with one attached hydrogen (secondary N) is 1. The molecule has 4 heteroatoms. The average Bonchev–Trinajstić information content (AvgIpc) is 2.51. The van der Waals surface area contributed by atoms with E-state index in [2.05, 4.69) is 5.32 Å². The minimum atomic E-state index is -0.0918. The van der Waals surface area contributed by atoms with E-state index in [0.29, 0.717) is 17.5 Å². The lowest BCUT2D eigenvalue weighted by molar-refractivity contribution is 0.177. The molecule has 0 bridgehead atoms. The average molecular weight is 224 g/mol. The van der Waals surface area contributed by atoms with Crippen LogP contribution in [0.5, 0.6) is 0 Å². The smallest absolute Gasteiger partial charge is 0.0543 e. The van der Waals surface area contributed by atoms with E-state index in [9.17, 15) is 5.11 Å². The molecule has 2 atom stereocenters. The van der Waals surface area contributed by atoms with E-state index in [4.69, 9.17) is 23.2 Å². The van der Waals surface area contributed by atoms with Crippen molar-refractivity contribution in [3.8, 4) is 0 Å².